The zero-order chi connectivity index (χ0) is 13.8. The van der Waals surface area contributed by atoms with Crippen molar-refractivity contribution >= 4 is 5.91 Å². The van der Waals surface area contributed by atoms with E-state index in [1.165, 1.54) is 6.42 Å². The second-order valence-electron chi connectivity index (χ2n) is 5.22. The monoisotopic (exact) mass is 262 g/mol. The van der Waals surface area contributed by atoms with Crippen molar-refractivity contribution in [2.75, 3.05) is 13.1 Å². The van der Waals surface area contributed by atoms with Gasteiger partial charge in [-0.3, -0.25) is 4.79 Å². The Morgan fingerprint density at radius 3 is 2.95 bits per heavy atom. The van der Waals surface area contributed by atoms with E-state index in [0.29, 0.717) is 12.1 Å². The van der Waals surface area contributed by atoms with Crippen LogP contribution in [0.2, 0.25) is 0 Å². The first-order chi connectivity index (χ1) is 9.13. The lowest BCUT2D eigenvalue weighted by Gasteiger charge is -2.36. The molecule has 1 atom stereocenters. The molecule has 4 heteroatoms. The van der Waals surface area contributed by atoms with Gasteiger partial charge in [-0.2, -0.15) is 0 Å². The molecular weight excluding hydrogens is 240 g/mol. The molecule has 1 fully saturated rings. The average Bonchev–Trinajstić information content (AvgIpc) is 2.39. The van der Waals surface area contributed by atoms with Gasteiger partial charge in [0, 0.05) is 18.2 Å². The molecule has 1 saturated heterocycles. The number of aryl methyl sites for hydroxylation is 1. The lowest BCUT2D eigenvalue weighted by Crippen LogP contribution is -2.44. The number of aromatic hydroxyl groups is 1. The van der Waals surface area contributed by atoms with Crippen molar-refractivity contribution in [2.24, 2.45) is 5.73 Å². The molecule has 1 aromatic rings. The van der Waals surface area contributed by atoms with Crippen LogP contribution in [0.25, 0.3) is 0 Å². The maximum atomic E-state index is 12.6. The fourth-order valence-corrected chi connectivity index (χ4v) is 2.80. The molecule has 1 aliphatic rings. The van der Waals surface area contributed by atoms with Crippen LogP contribution in [0.1, 0.15) is 41.6 Å². The van der Waals surface area contributed by atoms with Gasteiger partial charge in [-0.1, -0.05) is 0 Å². The smallest absolute Gasteiger partial charge is 0.254 e. The number of benzene rings is 1. The second-order valence-corrected chi connectivity index (χ2v) is 5.22. The molecule has 19 heavy (non-hydrogen) atoms. The normalized spacial score (nSPS) is 19.5. The molecule has 1 heterocycles. The van der Waals surface area contributed by atoms with Crippen LogP contribution in [0.15, 0.2) is 18.2 Å². The van der Waals surface area contributed by atoms with Gasteiger partial charge in [0.1, 0.15) is 5.75 Å². The van der Waals surface area contributed by atoms with Crippen LogP contribution in [0.4, 0.5) is 0 Å². The van der Waals surface area contributed by atoms with Crippen molar-refractivity contribution in [3.63, 3.8) is 0 Å². The summed E-state index contributed by atoms with van der Waals surface area (Å²) in [7, 11) is 0. The molecule has 1 amide bonds. The largest absolute Gasteiger partial charge is 0.508 e. The Hall–Kier alpha value is -1.55. The Balaban J connectivity index is 2.21. The van der Waals surface area contributed by atoms with E-state index < -0.39 is 0 Å². The van der Waals surface area contributed by atoms with E-state index in [0.717, 1.165) is 31.4 Å². The minimum absolute atomic E-state index is 0.0654. The van der Waals surface area contributed by atoms with Crippen molar-refractivity contribution in [3.05, 3.63) is 29.3 Å². The molecule has 104 valence electrons. The first-order valence-corrected chi connectivity index (χ1v) is 6.94. The molecule has 0 aromatic heterocycles. The van der Waals surface area contributed by atoms with Gasteiger partial charge >= 0.3 is 0 Å². The predicted octanol–water partition coefficient (Wildman–Crippen LogP) is 2.04. The highest BCUT2D eigenvalue weighted by atomic mass is 16.3. The Bertz CT molecular complexity index is 457. The average molecular weight is 262 g/mol. The quantitative estimate of drug-likeness (QED) is 0.876. The highest BCUT2D eigenvalue weighted by molar-refractivity contribution is 5.96. The number of hydrogen-bond donors (Lipinski definition) is 2. The maximum absolute atomic E-state index is 12.6. The van der Waals surface area contributed by atoms with Gasteiger partial charge in [0.25, 0.3) is 5.91 Å². The number of phenolic OH excluding ortho intramolecular Hbond substituents is 1. The molecule has 3 N–H and O–H groups in total. The molecule has 2 rings (SSSR count). The van der Waals surface area contributed by atoms with Gasteiger partial charge in [-0.25, -0.2) is 0 Å². The highest BCUT2D eigenvalue weighted by Crippen LogP contribution is 2.24. The molecule has 1 aliphatic heterocycles. The fourth-order valence-electron chi connectivity index (χ4n) is 2.80. The summed E-state index contributed by atoms with van der Waals surface area (Å²) in [6.07, 6.45) is 4.13. The minimum Gasteiger partial charge on any atom is -0.508 e. The number of nitrogens with two attached hydrogens (primary N) is 1. The first-order valence-electron chi connectivity index (χ1n) is 6.94. The Morgan fingerprint density at radius 2 is 2.26 bits per heavy atom. The van der Waals surface area contributed by atoms with Crippen molar-refractivity contribution in [2.45, 2.75) is 38.6 Å². The van der Waals surface area contributed by atoms with E-state index in [-0.39, 0.29) is 17.7 Å². The second kappa shape index (κ2) is 6.06. The number of carbonyl (C=O) groups is 1. The number of amides is 1. The topological polar surface area (TPSA) is 66.6 Å². The van der Waals surface area contributed by atoms with Gasteiger partial charge < -0.3 is 15.7 Å². The van der Waals surface area contributed by atoms with Crippen molar-refractivity contribution in [1.29, 1.82) is 0 Å². The molecule has 0 bridgehead atoms. The summed E-state index contributed by atoms with van der Waals surface area (Å²) in [6, 6.07) is 5.18. The number of piperidine rings is 1. The van der Waals surface area contributed by atoms with Crippen LogP contribution >= 0.6 is 0 Å². The third-order valence-corrected chi connectivity index (χ3v) is 3.83. The third-order valence-electron chi connectivity index (χ3n) is 3.83. The lowest BCUT2D eigenvalue weighted by atomic mass is 9.97. The predicted molar refractivity (Wildman–Crippen MR) is 75.2 cm³/mol. The summed E-state index contributed by atoms with van der Waals surface area (Å²) >= 11 is 0. The number of likely N-dealkylation sites (tertiary alicyclic amines) is 1. The minimum atomic E-state index is 0.0654. The number of rotatable bonds is 3. The first kappa shape index (κ1) is 13.9. The molecule has 0 saturated carbocycles. The van der Waals surface area contributed by atoms with Crippen molar-refractivity contribution in [1.82, 2.24) is 4.90 Å². The number of hydrogen-bond acceptors (Lipinski definition) is 3. The summed E-state index contributed by atoms with van der Waals surface area (Å²) in [5, 5.41) is 9.42. The van der Waals surface area contributed by atoms with Crippen molar-refractivity contribution < 1.29 is 9.90 Å². The standard InChI is InChI=1S/C15H22N2O2/c1-11-10-13(18)5-6-14(11)15(19)17-9-3-2-4-12(17)7-8-16/h5-6,10,12,18H,2-4,7-9,16H2,1H3. The fraction of sp³-hybridized carbons (Fsp3) is 0.533. The third kappa shape index (κ3) is 3.07. The van der Waals surface area contributed by atoms with Gasteiger partial charge in [0.15, 0.2) is 0 Å². The summed E-state index contributed by atoms with van der Waals surface area (Å²) in [5.41, 5.74) is 7.14. The number of carbonyl (C=O) groups excluding carboxylic acids is 1. The van der Waals surface area contributed by atoms with Gasteiger partial charge in [0.05, 0.1) is 0 Å². The van der Waals surface area contributed by atoms with Crippen LogP contribution in [0, 0.1) is 6.92 Å². The maximum Gasteiger partial charge on any atom is 0.254 e. The van der Waals surface area contributed by atoms with Crippen molar-refractivity contribution in [3.8, 4) is 5.75 Å². The summed E-state index contributed by atoms with van der Waals surface area (Å²) in [4.78, 5) is 14.6. The molecule has 1 unspecified atom stereocenters. The Morgan fingerprint density at radius 1 is 1.47 bits per heavy atom. The molecule has 0 spiro atoms. The van der Waals surface area contributed by atoms with E-state index >= 15 is 0 Å². The SMILES string of the molecule is Cc1cc(O)ccc1C(=O)N1CCCCC1CCN. The molecular formula is C15H22N2O2. The zero-order valence-corrected chi connectivity index (χ0v) is 11.4. The van der Waals surface area contributed by atoms with Crippen LogP contribution < -0.4 is 5.73 Å². The molecule has 1 aromatic carbocycles. The van der Waals surface area contributed by atoms with E-state index in [4.69, 9.17) is 5.73 Å². The van der Waals surface area contributed by atoms with Gasteiger partial charge in [0.2, 0.25) is 0 Å². The summed E-state index contributed by atoms with van der Waals surface area (Å²) in [6.45, 7) is 3.28. The Kier molecular flexibility index (Phi) is 4.43. The number of phenols is 1. The zero-order valence-electron chi connectivity index (χ0n) is 11.4. The Labute approximate surface area is 114 Å². The summed E-state index contributed by atoms with van der Waals surface area (Å²) in [5.74, 6) is 0.266. The molecule has 0 aliphatic carbocycles. The van der Waals surface area contributed by atoms with Crippen LogP contribution in [0.3, 0.4) is 0 Å². The van der Waals surface area contributed by atoms with Gasteiger partial charge in [-0.15, -0.1) is 0 Å². The van der Waals surface area contributed by atoms with Crippen LogP contribution in [-0.4, -0.2) is 35.0 Å². The summed E-state index contributed by atoms with van der Waals surface area (Å²) < 4.78 is 0. The number of nitrogens with zero attached hydrogens (tertiary/aromatic N) is 1. The lowest BCUT2D eigenvalue weighted by molar-refractivity contribution is 0.0604. The van der Waals surface area contributed by atoms with Gasteiger partial charge in [-0.05, 0) is 62.9 Å². The van der Waals surface area contributed by atoms with E-state index in [1.807, 2.05) is 11.8 Å². The molecule has 4 nitrogen and oxygen atoms in total. The van der Waals surface area contributed by atoms with Crippen LogP contribution in [-0.2, 0) is 0 Å². The van der Waals surface area contributed by atoms with Crippen LogP contribution in [0.5, 0.6) is 5.75 Å². The van der Waals surface area contributed by atoms with E-state index in [9.17, 15) is 9.90 Å². The van der Waals surface area contributed by atoms with E-state index in [1.54, 1.807) is 18.2 Å². The highest BCUT2D eigenvalue weighted by Gasteiger charge is 2.27. The van der Waals surface area contributed by atoms with E-state index in [2.05, 4.69) is 0 Å². The molecule has 0 radical (unpaired) electrons.